The van der Waals surface area contributed by atoms with Gasteiger partial charge in [-0.2, -0.15) is 0 Å². The highest BCUT2D eigenvalue weighted by molar-refractivity contribution is 5.91. The molecule has 2 heterocycles. The molecule has 0 unspecified atom stereocenters. The summed E-state index contributed by atoms with van der Waals surface area (Å²) in [5, 5.41) is 15.6. The van der Waals surface area contributed by atoms with E-state index in [4.69, 9.17) is 9.47 Å². The van der Waals surface area contributed by atoms with Crippen LogP contribution in [0, 0.1) is 5.92 Å². The second kappa shape index (κ2) is 11.2. The van der Waals surface area contributed by atoms with E-state index in [1.165, 1.54) is 0 Å². The molecule has 2 aliphatic rings. The van der Waals surface area contributed by atoms with Crippen LogP contribution in [-0.4, -0.2) is 55.0 Å². The van der Waals surface area contributed by atoms with Crippen LogP contribution < -0.4 is 10.6 Å². The predicted octanol–water partition coefficient (Wildman–Crippen LogP) is 2.91. The largest absolute Gasteiger partial charge is 0.394 e. The molecule has 2 aliphatic heterocycles. The molecule has 3 atom stereocenters. The molecule has 7 heteroatoms. The summed E-state index contributed by atoms with van der Waals surface area (Å²) in [5.74, 6) is -0.313. The molecular weight excluding hydrogens is 420 g/mol. The van der Waals surface area contributed by atoms with Gasteiger partial charge in [0.2, 0.25) is 11.8 Å². The lowest BCUT2D eigenvalue weighted by molar-refractivity contribution is -0.131. The smallest absolute Gasteiger partial charge is 0.227 e. The molecule has 7 nitrogen and oxygen atoms in total. The molecule has 0 saturated carbocycles. The second-order valence-electron chi connectivity index (χ2n) is 8.40. The summed E-state index contributed by atoms with van der Waals surface area (Å²) < 4.78 is 11.2. The van der Waals surface area contributed by atoms with Crippen molar-refractivity contribution in [3.63, 3.8) is 0 Å². The molecule has 0 aromatic heterocycles. The molecule has 0 aliphatic carbocycles. The molecule has 33 heavy (non-hydrogen) atoms. The topological polar surface area (TPSA) is 96.9 Å². The Morgan fingerprint density at radius 1 is 0.939 bits per heavy atom. The Labute approximate surface area is 193 Å². The lowest BCUT2D eigenvalue weighted by Crippen LogP contribution is -2.50. The number of ether oxygens (including phenoxy) is 2. The minimum absolute atomic E-state index is 0.0508. The Balaban J connectivity index is 1.29. The van der Waals surface area contributed by atoms with Crippen LogP contribution >= 0.6 is 0 Å². The molecule has 0 radical (unpaired) electrons. The zero-order valence-electron chi connectivity index (χ0n) is 18.5. The number of amides is 2. The third-order valence-electron chi connectivity index (χ3n) is 6.03. The number of aliphatic hydroxyl groups is 1. The van der Waals surface area contributed by atoms with Gasteiger partial charge in [0, 0.05) is 24.8 Å². The predicted molar refractivity (Wildman–Crippen MR) is 125 cm³/mol. The van der Waals surface area contributed by atoms with Gasteiger partial charge in [-0.25, -0.2) is 0 Å². The molecular formula is C26H30N2O5. The van der Waals surface area contributed by atoms with Gasteiger partial charge in [0.1, 0.15) is 6.10 Å². The fraction of sp³-hybridized carbons (Fsp3) is 0.385. The fourth-order valence-corrected chi connectivity index (χ4v) is 4.15. The zero-order chi connectivity index (χ0) is 23.0. The quantitative estimate of drug-likeness (QED) is 0.564. The summed E-state index contributed by atoms with van der Waals surface area (Å²) in [6.45, 7) is 0.928. The van der Waals surface area contributed by atoms with E-state index in [1.54, 1.807) is 6.08 Å². The molecule has 2 aromatic carbocycles. The van der Waals surface area contributed by atoms with E-state index >= 15 is 0 Å². The van der Waals surface area contributed by atoms with Gasteiger partial charge in [0.05, 0.1) is 25.2 Å². The minimum Gasteiger partial charge on any atom is -0.394 e. The molecule has 4 rings (SSSR count). The van der Waals surface area contributed by atoms with Gasteiger partial charge in [-0.1, -0.05) is 54.6 Å². The molecule has 1 saturated heterocycles. The van der Waals surface area contributed by atoms with Gasteiger partial charge < -0.3 is 25.2 Å². The molecule has 2 aromatic rings. The molecule has 0 bridgehead atoms. The number of hydrogen-bond acceptors (Lipinski definition) is 5. The first-order valence-electron chi connectivity index (χ1n) is 11.4. The van der Waals surface area contributed by atoms with Crippen molar-refractivity contribution in [2.45, 2.75) is 37.5 Å². The molecule has 3 N–H and O–H groups in total. The Bertz CT molecular complexity index is 954. The highest BCUT2D eigenvalue weighted by atomic mass is 16.5. The van der Waals surface area contributed by atoms with Gasteiger partial charge in [-0.15, -0.1) is 0 Å². The third kappa shape index (κ3) is 6.28. The average molecular weight is 451 g/mol. The van der Waals surface area contributed by atoms with Crippen LogP contribution in [0.2, 0.25) is 0 Å². The lowest BCUT2D eigenvalue weighted by Gasteiger charge is -2.33. The molecule has 174 valence electrons. The first-order chi connectivity index (χ1) is 16.1. The number of hydrogen-bond donors (Lipinski definition) is 3. The minimum atomic E-state index is -0.596. The Morgan fingerprint density at radius 2 is 1.64 bits per heavy atom. The van der Waals surface area contributed by atoms with E-state index in [1.807, 2.05) is 60.7 Å². The number of carbonyl (C=O) groups excluding carboxylic acids is 2. The summed E-state index contributed by atoms with van der Waals surface area (Å²) in [7, 11) is 0. The van der Waals surface area contributed by atoms with Crippen molar-refractivity contribution >= 4 is 17.5 Å². The van der Waals surface area contributed by atoms with Crippen LogP contribution in [0.5, 0.6) is 0 Å². The summed E-state index contributed by atoms with van der Waals surface area (Å²) in [5.41, 5.74) is 2.90. The van der Waals surface area contributed by atoms with Crippen LogP contribution in [0.15, 0.2) is 66.7 Å². The van der Waals surface area contributed by atoms with E-state index in [9.17, 15) is 14.7 Å². The van der Waals surface area contributed by atoms with Crippen LogP contribution in [0.4, 0.5) is 5.69 Å². The maximum atomic E-state index is 12.5. The van der Waals surface area contributed by atoms with E-state index in [0.717, 1.165) is 11.1 Å². The summed E-state index contributed by atoms with van der Waals surface area (Å²) in [6.07, 6.45) is 4.04. The number of benzene rings is 2. The number of aliphatic hydroxyl groups excluding tert-OH is 1. The van der Waals surface area contributed by atoms with E-state index in [2.05, 4.69) is 10.6 Å². The van der Waals surface area contributed by atoms with E-state index in [0.29, 0.717) is 31.7 Å². The molecule has 2 amide bonds. The zero-order valence-corrected chi connectivity index (χ0v) is 18.5. The lowest BCUT2D eigenvalue weighted by atomic mass is 9.97. The fourth-order valence-electron chi connectivity index (χ4n) is 4.15. The van der Waals surface area contributed by atoms with Crippen LogP contribution in [0.1, 0.15) is 19.3 Å². The van der Waals surface area contributed by atoms with Gasteiger partial charge in [-0.05, 0) is 36.1 Å². The standard InChI is InChI=1S/C26H30N2O5/c29-17-24-23(28-26(31)20-12-14-32-15-13-20)11-10-22(33-24)16-25(30)27-21-8-6-19(7-9-21)18-4-2-1-3-5-18/h1-11,20,22-24,29H,12-17H2,(H,27,30)(H,28,31)/t22-,23+,24-/m0/s1. The van der Waals surface area contributed by atoms with Crippen molar-refractivity contribution in [1.82, 2.24) is 5.32 Å². The van der Waals surface area contributed by atoms with Crippen LogP contribution in [-0.2, 0) is 19.1 Å². The van der Waals surface area contributed by atoms with Gasteiger partial charge in [0.15, 0.2) is 0 Å². The van der Waals surface area contributed by atoms with Gasteiger partial charge >= 0.3 is 0 Å². The maximum Gasteiger partial charge on any atom is 0.227 e. The number of anilines is 1. The number of rotatable bonds is 7. The monoisotopic (exact) mass is 450 g/mol. The number of nitrogens with one attached hydrogen (secondary N) is 2. The van der Waals surface area contributed by atoms with E-state index < -0.39 is 18.2 Å². The first kappa shape index (κ1) is 23.2. The molecule has 0 spiro atoms. The third-order valence-corrected chi connectivity index (χ3v) is 6.03. The van der Waals surface area contributed by atoms with Crippen molar-refractivity contribution in [1.29, 1.82) is 0 Å². The first-order valence-corrected chi connectivity index (χ1v) is 11.4. The summed E-state index contributed by atoms with van der Waals surface area (Å²) >= 11 is 0. The van der Waals surface area contributed by atoms with Crippen molar-refractivity contribution in [3.05, 3.63) is 66.7 Å². The SMILES string of the molecule is O=C(C[C@@H]1C=C[C@@H](NC(=O)C2CCOCC2)[C@H](CO)O1)Nc1ccc(-c2ccccc2)cc1. The maximum absolute atomic E-state index is 12.5. The Morgan fingerprint density at radius 3 is 2.33 bits per heavy atom. The van der Waals surface area contributed by atoms with Gasteiger partial charge in [0.25, 0.3) is 0 Å². The van der Waals surface area contributed by atoms with E-state index in [-0.39, 0.29) is 30.8 Å². The van der Waals surface area contributed by atoms with Crippen molar-refractivity contribution in [2.24, 2.45) is 5.92 Å². The average Bonchev–Trinajstić information content (AvgIpc) is 2.86. The van der Waals surface area contributed by atoms with Crippen LogP contribution in [0.25, 0.3) is 11.1 Å². The highest BCUT2D eigenvalue weighted by Crippen LogP contribution is 2.22. The van der Waals surface area contributed by atoms with Crippen LogP contribution in [0.3, 0.4) is 0 Å². The van der Waals surface area contributed by atoms with Crippen molar-refractivity contribution < 1.29 is 24.2 Å². The molecule has 1 fully saturated rings. The highest BCUT2D eigenvalue weighted by Gasteiger charge is 2.31. The van der Waals surface area contributed by atoms with Gasteiger partial charge in [-0.3, -0.25) is 9.59 Å². The number of carbonyl (C=O) groups is 2. The summed E-state index contributed by atoms with van der Waals surface area (Å²) in [6, 6.07) is 17.3. The Hall–Kier alpha value is -3.00. The second-order valence-corrected chi connectivity index (χ2v) is 8.40. The van der Waals surface area contributed by atoms with Crippen molar-refractivity contribution in [3.8, 4) is 11.1 Å². The van der Waals surface area contributed by atoms with Crippen molar-refractivity contribution in [2.75, 3.05) is 25.1 Å². The Kier molecular flexibility index (Phi) is 7.88. The summed E-state index contributed by atoms with van der Waals surface area (Å²) in [4.78, 5) is 25.0. The normalized spacial score (nSPS) is 23.1.